The van der Waals surface area contributed by atoms with E-state index in [4.69, 9.17) is 4.74 Å². The first-order valence-corrected chi connectivity index (χ1v) is 10.4. The molecule has 0 aromatic heterocycles. The van der Waals surface area contributed by atoms with E-state index in [1.165, 1.54) is 0 Å². The molecule has 0 unspecified atom stereocenters. The van der Waals surface area contributed by atoms with Crippen molar-refractivity contribution in [2.75, 3.05) is 32.8 Å². The number of hydrogen-bond acceptors (Lipinski definition) is 3. The van der Waals surface area contributed by atoms with E-state index in [-0.39, 0.29) is 11.8 Å². The highest BCUT2D eigenvalue weighted by Crippen LogP contribution is 2.21. The smallest absolute Gasteiger partial charge is 0.254 e. The van der Waals surface area contributed by atoms with Gasteiger partial charge in [-0.3, -0.25) is 9.59 Å². The maximum atomic E-state index is 13.2. The van der Waals surface area contributed by atoms with Crippen LogP contribution < -0.4 is 4.74 Å². The Labute approximate surface area is 176 Å². The van der Waals surface area contributed by atoms with E-state index in [1.54, 1.807) is 0 Å². The topological polar surface area (TPSA) is 49.9 Å². The van der Waals surface area contributed by atoms with Gasteiger partial charge in [0.05, 0.1) is 13.0 Å². The van der Waals surface area contributed by atoms with Gasteiger partial charge < -0.3 is 14.5 Å². The Balaban J connectivity index is 1.34. The molecule has 4 rings (SSSR count). The van der Waals surface area contributed by atoms with E-state index >= 15 is 0 Å². The fraction of sp³-hybridized carbons (Fsp3) is 0.280. The Morgan fingerprint density at radius 1 is 0.767 bits per heavy atom. The normalized spacial score (nSPS) is 14.4. The SMILES string of the molecule is O=C(CCOc1ccccc1)N1CCCN(C(=O)c2cccc3ccccc23)CC1. The standard InChI is InChI=1S/C25H26N2O3/c28-24(14-19-30-21-10-2-1-3-11-21)26-15-7-16-27(18-17-26)25(29)23-13-6-9-20-8-4-5-12-22(20)23/h1-6,8-13H,7,14-19H2. The van der Waals surface area contributed by atoms with Gasteiger partial charge in [-0.2, -0.15) is 0 Å². The molecular weight excluding hydrogens is 376 g/mol. The van der Waals surface area contributed by atoms with Gasteiger partial charge in [-0.05, 0) is 35.4 Å². The van der Waals surface area contributed by atoms with Gasteiger partial charge in [0.2, 0.25) is 5.91 Å². The van der Waals surface area contributed by atoms with E-state index in [0.717, 1.165) is 28.5 Å². The molecule has 1 fully saturated rings. The highest BCUT2D eigenvalue weighted by molar-refractivity contribution is 6.07. The highest BCUT2D eigenvalue weighted by atomic mass is 16.5. The summed E-state index contributed by atoms with van der Waals surface area (Å²) in [4.78, 5) is 29.5. The molecule has 1 aliphatic rings. The molecule has 154 valence electrons. The molecule has 0 atom stereocenters. The summed E-state index contributed by atoms with van der Waals surface area (Å²) in [7, 11) is 0. The number of ether oxygens (including phenoxy) is 1. The Hall–Kier alpha value is -3.34. The number of hydrogen-bond donors (Lipinski definition) is 0. The Morgan fingerprint density at radius 2 is 1.47 bits per heavy atom. The molecule has 0 saturated carbocycles. The molecule has 1 saturated heterocycles. The van der Waals surface area contributed by atoms with Gasteiger partial charge >= 0.3 is 0 Å². The number of amides is 2. The maximum Gasteiger partial charge on any atom is 0.254 e. The summed E-state index contributed by atoms with van der Waals surface area (Å²) in [6.45, 7) is 2.79. The molecular formula is C25H26N2O3. The first-order valence-electron chi connectivity index (χ1n) is 10.4. The number of nitrogens with zero attached hydrogens (tertiary/aromatic N) is 2. The third kappa shape index (κ3) is 4.62. The number of carbonyl (C=O) groups is 2. The molecule has 3 aromatic carbocycles. The second-order valence-corrected chi connectivity index (χ2v) is 7.46. The van der Waals surface area contributed by atoms with Crippen LogP contribution in [0.5, 0.6) is 5.75 Å². The van der Waals surface area contributed by atoms with Gasteiger partial charge in [-0.15, -0.1) is 0 Å². The monoisotopic (exact) mass is 402 g/mol. The number of rotatable bonds is 5. The van der Waals surface area contributed by atoms with Gasteiger partial charge in [-0.25, -0.2) is 0 Å². The van der Waals surface area contributed by atoms with Crippen molar-refractivity contribution in [3.05, 3.63) is 78.4 Å². The summed E-state index contributed by atoms with van der Waals surface area (Å²) >= 11 is 0. The molecule has 0 N–H and O–H groups in total. The number of para-hydroxylation sites is 1. The van der Waals surface area contributed by atoms with Crippen LogP contribution in [-0.2, 0) is 4.79 Å². The minimum atomic E-state index is 0.0357. The largest absolute Gasteiger partial charge is 0.493 e. The van der Waals surface area contributed by atoms with Crippen LogP contribution in [0.4, 0.5) is 0 Å². The van der Waals surface area contributed by atoms with Crippen LogP contribution >= 0.6 is 0 Å². The Bertz CT molecular complexity index is 1010. The first-order chi connectivity index (χ1) is 14.7. The van der Waals surface area contributed by atoms with Crippen LogP contribution in [0, 0.1) is 0 Å². The lowest BCUT2D eigenvalue weighted by molar-refractivity contribution is -0.131. The zero-order valence-corrected chi connectivity index (χ0v) is 17.0. The minimum Gasteiger partial charge on any atom is -0.493 e. The van der Waals surface area contributed by atoms with E-state index < -0.39 is 0 Å². The zero-order chi connectivity index (χ0) is 20.8. The van der Waals surface area contributed by atoms with E-state index in [2.05, 4.69) is 0 Å². The molecule has 0 bridgehead atoms. The van der Waals surface area contributed by atoms with Crippen molar-refractivity contribution in [3.8, 4) is 5.75 Å². The fourth-order valence-electron chi connectivity index (χ4n) is 3.88. The number of fused-ring (bicyclic) bond motifs is 1. The maximum absolute atomic E-state index is 13.2. The van der Waals surface area contributed by atoms with E-state index in [1.807, 2.05) is 82.6 Å². The van der Waals surface area contributed by atoms with Crippen LogP contribution in [0.15, 0.2) is 72.8 Å². The van der Waals surface area contributed by atoms with Gasteiger partial charge in [0, 0.05) is 31.7 Å². The lowest BCUT2D eigenvalue weighted by Crippen LogP contribution is -2.37. The molecule has 30 heavy (non-hydrogen) atoms. The predicted molar refractivity (Wildman–Crippen MR) is 118 cm³/mol. The van der Waals surface area contributed by atoms with E-state index in [9.17, 15) is 9.59 Å². The zero-order valence-electron chi connectivity index (χ0n) is 17.0. The third-order valence-corrected chi connectivity index (χ3v) is 5.48. The second-order valence-electron chi connectivity index (χ2n) is 7.46. The molecule has 5 heteroatoms. The Kier molecular flexibility index (Phi) is 6.28. The molecule has 1 heterocycles. The molecule has 0 aliphatic carbocycles. The van der Waals surface area contributed by atoms with Crippen LogP contribution in [0.2, 0.25) is 0 Å². The summed E-state index contributed by atoms with van der Waals surface area (Å²) < 4.78 is 5.64. The van der Waals surface area contributed by atoms with Crippen LogP contribution in [0.1, 0.15) is 23.2 Å². The number of carbonyl (C=O) groups excluding carboxylic acids is 2. The minimum absolute atomic E-state index is 0.0357. The first kappa shape index (κ1) is 20.0. The van der Waals surface area contributed by atoms with Gasteiger partial charge in [-0.1, -0.05) is 54.6 Å². The average Bonchev–Trinajstić information content (AvgIpc) is 3.05. The van der Waals surface area contributed by atoms with Gasteiger partial charge in [0.25, 0.3) is 5.91 Å². The van der Waals surface area contributed by atoms with Crippen molar-refractivity contribution in [2.24, 2.45) is 0 Å². The molecule has 1 aliphatic heterocycles. The van der Waals surface area contributed by atoms with Crippen LogP contribution in [0.25, 0.3) is 10.8 Å². The summed E-state index contributed by atoms with van der Waals surface area (Å²) in [5.41, 5.74) is 0.726. The lowest BCUT2D eigenvalue weighted by atomic mass is 10.0. The van der Waals surface area contributed by atoms with E-state index in [0.29, 0.717) is 39.2 Å². The van der Waals surface area contributed by atoms with Gasteiger partial charge in [0.1, 0.15) is 5.75 Å². The number of benzene rings is 3. The summed E-state index contributed by atoms with van der Waals surface area (Å²) in [6.07, 6.45) is 1.12. The van der Waals surface area contributed by atoms with Gasteiger partial charge in [0.15, 0.2) is 0 Å². The quantitative estimate of drug-likeness (QED) is 0.649. The van der Waals surface area contributed by atoms with Crippen molar-refractivity contribution in [2.45, 2.75) is 12.8 Å². The van der Waals surface area contributed by atoms with Crippen molar-refractivity contribution < 1.29 is 14.3 Å². The van der Waals surface area contributed by atoms with Crippen molar-refractivity contribution in [1.29, 1.82) is 0 Å². The second kappa shape index (κ2) is 9.44. The van der Waals surface area contributed by atoms with Crippen molar-refractivity contribution in [3.63, 3.8) is 0 Å². The third-order valence-electron chi connectivity index (χ3n) is 5.48. The summed E-state index contributed by atoms with van der Waals surface area (Å²) in [5, 5.41) is 2.04. The summed E-state index contributed by atoms with van der Waals surface area (Å²) in [6, 6.07) is 23.3. The fourth-order valence-corrected chi connectivity index (χ4v) is 3.88. The lowest BCUT2D eigenvalue weighted by Gasteiger charge is -2.23. The molecule has 3 aromatic rings. The van der Waals surface area contributed by atoms with Crippen molar-refractivity contribution >= 4 is 22.6 Å². The van der Waals surface area contributed by atoms with Crippen LogP contribution in [0.3, 0.4) is 0 Å². The average molecular weight is 402 g/mol. The molecule has 0 radical (unpaired) electrons. The molecule has 5 nitrogen and oxygen atoms in total. The highest BCUT2D eigenvalue weighted by Gasteiger charge is 2.23. The van der Waals surface area contributed by atoms with Crippen molar-refractivity contribution in [1.82, 2.24) is 9.80 Å². The summed E-state index contributed by atoms with van der Waals surface area (Å²) in [5.74, 6) is 0.881. The predicted octanol–water partition coefficient (Wildman–Crippen LogP) is 3.98. The molecule has 2 amide bonds. The Morgan fingerprint density at radius 3 is 2.33 bits per heavy atom. The molecule has 0 spiro atoms. The van der Waals surface area contributed by atoms with Crippen LogP contribution in [-0.4, -0.2) is 54.4 Å².